The van der Waals surface area contributed by atoms with Crippen LogP contribution in [0.15, 0.2) is 101 Å². The summed E-state index contributed by atoms with van der Waals surface area (Å²) in [6.45, 7) is 9.94. The van der Waals surface area contributed by atoms with Crippen molar-refractivity contribution in [1.82, 2.24) is 0 Å². The molecule has 0 spiro atoms. The zero-order valence-corrected chi connectivity index (χ0v) is 28.5. The number of unbranched alkanes of at least 4 members (excludes halogenated alkanes) is 2. The quantitative estimate of drug-likeness (QED) is 0.0786. The fraction of sp³-hybridized carbons (Fsp3) is 0.341. The number of ketones is 2. The van der Waals surface area contributed by atoms with Crippen molar-refractivity contribution in [2.45, 2.75) is 100 Å². The van der Waals surface area contributed by atoms with Crippen molar-refractivity contribution in [1.29, 1.82) is 0 Å². The van der Waals surface area contributed by atoms with Crippen LogP contribution >= 0.6 is 11.8 Å². The van der Waals surface area contributed by atoms with Gasteiger partial charge in [0.25, 0.3) is 5.78 Å². The Hall–Kier alpha value is -3.96. The minimum Gasteiger partial charge on any atom is -0.454 e. The van der Waals surface area contributed by atoms with E-state index in [0.29, 0.717) is 23.1 Å². The fourth-order valence-corrected chi connectivity index (χ4v) is 7.19. The second-order valence-electron chi connectivity index (χ2n) is 12.9. The van der Waals surface area contributed by atoms with Crippen molar-refractivity contribution in [3.8, 4) is 11.1 Å². The maximum atomic E-state index is 13.9. The van der Waals surface area contributed by atoms with Gasteiger partial charge in [-0.1, -0.05) is 101 Å². The van der Waals surface area contributed by atoms with Crippen LogP contribution in [-0.4, -0.2) is 23.1 Å². The van der Waals surface area contributed by atoms with Gasteiger partial charge < -0.3 is 4.74 Å². The minimum absolute atomic E-state index is 0.00736. The molecule has 1 aliphatic carbocycles. The summed E-state index contributed by atoms with van der Waals surface area (Å²) in [5.41, 5.74) is 4.99. The van der Waals surface area contributed by atoms with E-state index in [1.807, 2.05) is 81.4 Å². The number of carbonyl (C=O) groups excluding carboxylic acids is 3. The Morgan fingerprint density at radius 2 is 1.20 bits per heavy atom. The lowest BCUT2D eigenvalue weighted by Crippen LogP contribution is -2.31. The largest absolute Gasteiger partial charge is 0.454 e. The van der Waals surface area contributed by atoms with E-state index >= 15 is 0 Å². The van der Waals surface area contributed by atoms with E-state index in [1.165, 1.54) is 0 Å². The molecule has 0 saturated heterocycles. The molecule has 0 saturated carbocycles. The summed E-state index contributed by atoms with van der Waals surface area (Å²) >= 11 is 1.67. The molecule has 238 valence electrons. The van der Waals surface area contributed by atoms with Crippen LogP contribution in [0.3, 0.4) is 0 Å². The summed E-state index contributed by atoms with van der Waals surface area (Å²) in [5, 5.41) is 0. The Balaban J connectivity index is 1.51. The Labute approximate surface area is 278 Å². The molecule has 0 aromatic heterocycles. The molecule has 0 unspecified atom stereocenters. The monoisotopic (exact) mass is 632 g/mol. The highest BCUT2D eigenvalue weighted by molar-refractivity contribution is 7.99. The highest BCUT2D eigenvalue weighted by Gasteiger charge is 2.43. The molecule has 0 radical (unpaired) electrons. The van der Waals surface area contributed by atoms with Gasteiger partial charge >= 0.3 is 5.97 Å². The van der Waals surface area contributed by atoms with Crippen LogP contribution in [0.1, 0.15) is 117 Å². The zero-order valence-electron chi connectivity index (χ0n) is 27.7. The molecule has 0 fully saturated rings. The summed E-state index contributed by atoms with van der Waals surface area (Å²) in [6, 6.07) is 29.8. The molecule has 0 atom stereocenters. The smallest absolute Gasteiger partial charge is 0.380 e. The molecule has 46 heavy (non-hydrogen) atoms. The normalized spacial score (nSPS) is 13.2. The first kappa shape index (κ1) is 33.4. The van der Waals surface area contributed by atoms with E-state index in [9.17, 15) is 14.4 Å². The Bertz CT molecular complexity index is 1710. The van der Waals surface area contributed by atoms with Crippen LogP contribution in [0.4, 0.5) is 0 Å². The zero-order chi connectivity index (χ0) is 32.9. The third-order valence-electron chi connectivity index (χ3n) is 9.30. The van der Waals surface area contributed by atoms with Gasteiger partial charge in [0.05, 0.1) is 0 Å². The van der Waals surface area contributed by atoms with Crippen LogP contribution < -0.4 is 0 Å². The van der Waals surface area contributed by atoms with E-state index in [4.69, 9.17) is 4.74 Å². The first-order valence-electron chi connectivity index (χ1n) is 16.6. The van der Waals surface area contributed by atoms with Crippen LogP contribution in [0, 0.1) is 0 Å². The first-order chi connectivity index (χ1) is 22.1. The molecule has 1 aliphatic rings. The standard InChI is InChI=1S/C41H44O4S/c1-6-9-24-41(25-10-7-2)35-26-29(37(42)28-16-20-32(21-17-28)46-31-14-12-11-13-15-31)18-22-33(35)34-23-19-30(27-36(34)41)38(43)39(44)45-40(4,5)8-3/h11-23,26-27H,6-10,24-25H2,1-5H3. The third-order valence-corrected chi connectivity index (χ3v) is 10.3. The lowest BCUT2D eigenvalue weighted by Gasteiger charge is -2.33. The number of esters is 1. The van der Waals surface area contributed by atoms with Crippen molar-refractivity contribution >= 4 is 29.3 Å². The molecule has 0 amide bonds. The summed E-state index contributed by atoms with van der Waals surface area (Å²) in [6.07, 6.45) is 6.48. The molecular formula is C41H44O4S. The van der Waals surface area contributed by atoms with Gasteiger partial charge in [0, 0.05) is 31.9 Å². The van der Waals surface area contributed by atoms with Gasteiger partial charge in [-0.15, -0.1) is 0 Å². The van der Waals surface area contributed by atoms with Crippen molar-refractivity contribution in [2.24, 2.45) is 0 Å². The minimum atomic E-state index is -0.823. The average molecular weight is 633 g/mol. The van der Waals surface area contributed by atoms with E-state index in [-0.39, 0.29) is 11.2 Å². The molecule has 0 heterocycles. The summed E-state index contributed by atoms with van der Waals surface area (Å²) in [5.74, 6) is -1.45. The molecule has 4 aromatic carbocycles. The molecule has 4 nitrogen and oxygen atoms in total. The number of Topliss-reactive ketones (excluding diaryl/α,β-unsaturated/α-hetero) is 1. The molecule has 0 bridgehead atoms. The maximum absolute atomic E-state index is 13.9. The van der Waals surface area contributed by atoms with Crippen molar-refractivity contribution in [2.75, 3.05) is 0 Å². The summed E-state index contributed by atoms with van der Waals surface area (Å²) < 4.78 is 5.56. The van der Waals surface area contributed by atoms with E-state index in [1.54, 1.807) is 17.8 Å². The molecule has 0 aliphatic heterocycles. The van der Waals surface area contributed by atoms with E-state index in [0.717, 1.165) is 70.6 Å². The Kier molecular flexibility index (Phi) is 10.3. The van der Waals surface area contributed by atoms with Gasteiger partial charge in [-0.3, -0.25) is 9.59 Å². The number of hydrogen-bond donors (Lipinski definition) is 0. The predicted molar refractivity (Wildman–Crippen MR) is 187 cm³/mol. The van der Waals surface area contributed by atoms with Gasteiger partial charge in [-0.2, -0.15) is 0 Å². The second-order valence-corrected chi connectivity index (χ2v) is 14.1. The van der Waals surface area contributed by atoms with Crippen molar-refractivity contribution < 1.29 is 19.1 Å². The first-order valence-corrected chi connectivity index (χ1v) is 17.4. The Morgan fingerprint density at radius 3 is 1.76 bits per heavy atom. The topological polar surface area (TPSA) is 60.4 Å². The number of rotatable bonds is 14. The number of fused-ring (bicyclic) bond motifs is 3. The lowest BCUT2D eigenvalue weighted by molar-refractivity contribution is -0.150. The van der Waals surface area contributed by atoms with Gasteiger partial charge in [0.15, 0.2) is 5.78 Å². The molecule has 0 N–H and O–H groups in total. The van der Waals surface area contributed by atoms with E-state index in [2.05, 4.69) is 38.1 Å². The van der Waals surface area contributed by atoms with Crippen LogP contribution in [0.25, 0.3) is 11.1 Å². The van der Waals surface area contributed by atoms with Gasteiger partial charge in [0.2, 0.25) is 0 Å². The number of benzene rings is 4. The fourth-order valence-electron chi connectivity index (χ4n) is 6.35. The van der Waals surface area contributed by atoms with Crippen molar-refractivity contribution in [3.63, 3.8) is 0 Å². The molecule has 5 heteroatoms. The molecule has 4 aromatic rings. The number of hydrogen-bond acceptors (Lipinski definition) is 5. The second kappa shape index (κ2) is 14.2. The van der Waals surface area contributed by atoms with Crippen molar-refractivity contribution in [3.05, 3.63) is 119 Å². The number of carbonyl (C=O) groups is 3. The van der Waals surface area contributed by atoms with Gasteiger partial charge in [-0.05, 0) is 104 Å². The number of ether oxygens (including phenoxy) is 1. The highest BCUT2D eigenvalue weighted by atomic mass is 32.2. The SMILES string of the molecule is CCCCC1(CCCC)c2cc(C(=O)C(=O)OC(C)(C)CC)ccc2-c2ccc(C(=O)c3ccc(Sc4ccccc4)cc3)cc21. The predicted octanol–water partition coefficient (Wildman–Crippen LogP) is 10.6. The Morgan fingerprint density at radius 1 is 0.674 bits per heavy atom. The highest BCUT2D eigenvalue weighted by Crippen LogP contribution is 2.54. The van der Waals surface area contributed by atoms with Crippen LogP contribution in [-0.2, 0) is 14.9 Å². The maximum Gasteiger partial charge on any atom is 0.380 e. The van der Waals surface area contributed by atoms with Crippen LogP contribution in [0.2, 0.25) is 0 Å². The summed E-state index contributed by atoms with van der Waals surface area (Å²) in [7, 11) is 0. The van der Waals surface area contributed by atoms with Crippen LogP contribution in [0.5, 0.6) is 0 Å². The summed E-state index contributed by atoms with van der Waals surface area (Å²) in [4.78, 5) is 42.4. The van der Waals surface area contributed by atoms with Gasteiger partial charge in [0.1, 0.15) is 5.60 Å². The third kappa shape index (κ3) is 6.90. The molecule has 5 rings (SSSR count). The lowest BCUT2D eigenvalue weighted by atomic mass is 9.70. The van der Waals surface area contributed by atoms with E-state index < -0.39 is 17.4 Å². The van der Waals surface area contributed by atoms with Gasteiger partial charge in [-0.25, -0.2) is 4.79 Å². The average Bonchev–Trinajstić information content (AvgIpc) is 3.34. The molecular weight excluding hydrogens is 589 g/mol.